The van der Waals surface area contributed by atoms with Crippen LogP contribution in [0.5, 0.6) is 0 Å². The summed E-state index contributed by atoms with van der Waals surface area (Å²) in [5, 5.41) is 0.773. The zero-order chi connectivity index (χ0) is 19.1. The first-order chi connectivity index (χ1) is 13.0. The van der Waals surface area contributed by atoms with E-state index in [0.29, 0.717) is 16.9 Å². The van der Waals surface area contributed by atoms with E-state index in [1.807, 2.05) is 0 Å². The Kier molecular flexibility index (Phi) is 4.92. The Morgan fingerprint density at radius 1 is 1.00 bits per heavy atom. The number of methoxy groups -OCH3 is 1. The highest BCUT2D eigenvalue weighted by molar-refractivity contribution is 5.95. The highest BCUT2D eigenvalue weighted by Crippen LogP contribution is 2.48. The summed E-state index contributed by atoms with van der Waals surface area (Å²) in [5.41, 5.74) is 0.732. The van der Waals surface area contributed by atoms with Gasteiger partial charge < -0.3 is 4.74 Å². The zero-order valence-corrected chi connectivity index (χ0v) is 15.9. The van der Waals surface area contributed by atoms with Crippen molar-refractivity contribution in [3.63, 3.8) is 0 Å². The Morgan fingerprint density at radius 3 is 2.52 bits per heavy atom. The molecule has 2 aromatic rings. The molecule has 0 aromatic heterocycles. The smallest absolute Gasteiger partial charge is 0.337 e. The molecule has 2 aromatic carbocycles. The summed E-state index contributed by atoms with van der Waals surface area (Å²) in [4.78, 5) is 11.7. The molecule has 0 aliphatic heterocycles. The molecule has 2 aliphatic carbocycles. The van der Waals surface area contributed by atoms with Crippen LogP contribution in [0.1, 0.15) is 67.3 Å². The maximum atomic E-state index is 14.9. The molecule has 0 heterocycles. The molecule has 27 heavy (non-hydrogen) atoms. The van der Waals surface area contributed by atoms with Gasteiger partial charge in [-0.05, 0) is 84.9 Å². The predicted molar refractivity (Wildman–Crippen MR) is 102 cm³/mol. The summed E-state index contributed by atoms with van der Waals surface area (Å²) < 4.78 is 34.4. The first-order valence-corrected chi connectivity index (χ1v) is 9.98. The number of ether oxygens (including phenoxy) is 1. The molecule has 4 atom stereocenters. The van der Waals surface area contributed by atoms with Gasteiger partial charge in [0.05, 0.1) is 12.7 Å². The number of hydrogen-bond acceptors (Lipinski definition) is 2. The fourth-order valence-corrected chi connectivity index (χ4v) is 5.30. The number of carbonyl (C=O) groups is 1. The predicted octanol–water partition coefficient (Wildman–Crippen LogP) is 6.22. The molecule has 4 rings (SSSR count). The minimum Gasteiger partial charge on any atom is -0.465 e. The first kappa shape index (κ1) is 18.4. The van der Waals surface area contributed by atoms with Crippen molar-refractivity contribution in [2.45, 2.75) is 51.4 Å². The summed E-state index contributed by atoms with van der Waals surface area (Å²) in [5.74, 6) is 0.108. The maximum Gasteiger partial charge on any atom is 0.337 e. The third kappa shape index (κ3) is 3.35. The Balaban J connectivity index is 1.66. The highest BCUT2D eigenvalue weighted by atomic mass is 19.2. The molecular formula is C23H26F2O2. The van der Waals surface area contributed by atoms with Gasteiger partial charge in [0, 0.05) is 5.39 Å². The van der Waals surface area contributed by atoms with Crippen molar-refractivity contribution < 1.29 is 18.3 Å². The lowest BCUT2D eigenvalue weighted by molar-refractivity contribution is 0.0601. The summed E-state index contributed by atoms with van der Waals surface area (Å²) >= 11 is 0. The topological polar surface area (TPSA) is 26.3 Å². The molecule has 0 bridgehead atoms. The van der Waals surface area contributed by atoms with Gasteiger partial charge in [0.2, 0.25) is 0 Å². The van der Waals surface area contributed by atoms with Crippen molar-refractivity contribution >= 4 is 16.7 Å². The quantitative estimate of drug-likeness (QED) is 0.585. The molecule has 0 saturated heterocycles. The van der Waals surface area contributed by atoms with Crippen LogP contribution in [0.15, 0.2) is 24.3 Å². The van der Waals surface area contributed by atoms with Gasteiger partial charge in [0.15, 0.2) is 11.6 Å². The zero-order valence-electron chi connectivity index (χ0n) is 15.9. The Morgan fingerprint density at radius 2 is 1.74 bits per heavy atom. The number of esters is 1. The monoisotopic (exact) mass is 372 g/mol. The SMILES string of the molecule is COC(=O)c1ccc2cc(C3CCC4CC(C)CCC4C3)c(F)c(F)c2c1. The van der Waals surface area contributed by atoms with E-state index in [0.717, 1.165) is 31.1 Å². The standard InChI is InChI=1S/C23H26F2O2/c1-13-3-4-15-10-16(6-5-14(15)9-13)19-11-17-7-8-18(23(26)27-2)12-20(17)22(25)21(19)24/h7-8,11-16H,3-6,9-10H2,1-2H3. The average molecular weight is 372 g/mol. The van der Waals surface area contributed by atoms with E-state index in [9.17, 15) is 13.6 Å². The lowest BCUT2D eigenvalue weighted by Gasteiger charge is -2.41. The second kappa shape index (κ2) is 7.21. The van der Waals surface area contributed by atoms with Crippen LogP contribution in [0.4, 0.5) is 8.78 Å². The lowest BCUT2D eigenvalue weighted by Crippen LogP contribution is -2.30. The van der Waals surface area contributed by atoms with Crippen LogP contribution in [0, 0.1) is 29.4 Å². The molecule has 2 saturated carbocycles. The van der Waals surface area contributed by atoms with Crippen LogP contribution in [-0.2, 0) is 4.74 Å². The molecule has 2 fully saturated rings. The largest absolute Gasteiger partial charge is 0.465 e. The Labute approximate surface area is 158 Å². The molecule has 144 valence electrons. The molecule has 0 spiro atoms. The van der Waals surface area contributed by atoms with Gasteiger partial charge in [-0.1, -0.05) is 19.4 Å². The van der Waals surface area contributed by atoms with E-state index in [4.69, 9.17) is 0 Å². The third-order valence-electron chi connectivity index (χ3n) is 6.78. The van der Waals surface area contributed by atoms with Crippen molar-refractivity contribution in [1.29, 1.82) is 0 Å². The molecule has 0 radical (unpaired) electrons. The first-order valence-electron chi connectivity index (χ1n) is 9.98. The number of fused-ring (bicyclic) bond motifs is 2. The van der Waals surface area contributed by atoms with Crippen LogP contribution in [-0.4, -0.2) is 13.1 Å². The van der Waals surface area contributed by atoms with Gasteiger partial charge >= 0.3 is 5.97 Å². The van der Waals surface area contributed by atoms with E-state index < -0.39 is 17.6 Å². The summed E-state index contributed by atoms with van der Waals surface area (Å²) in [6.07, 6.45) is 6.74. The van der Waals surface area contributed by atoms with Crippen LogP contribution >= 0.6 is 0 Å². The fraction of sp³-hybridized carbons (Fsp3) is 0.522. The van der Waals surface area contributed by atoms with Gasteiger partial charge in [-0.25, -0.2) is 13.6 Å². The van der Waals surface area contributed by atoms with E-state index in [1.165, 1.54) is 32.4 Å². The third-order valence-corrected chi connectivity index (χ3v) is 6.78. The molecule has 4 unspecified atom stereocenters. The van der Waals surface area contributed by atoms with Gasteiger partial charge in [-0.3, -0.25) is 0 Å². The second-order valence-corrected chi connectivity index (χ2v) is 8.47. The van der Waals surface area contributed by atoms with Gasteiger partial charge in [0.25, 0.3) is 0 Å². The van der Waals surface area contributed by atoms with Crippen LogP contribution < -0.4 is 0 Å². The average Bonchev–Trinajstić information content (AvgIpc) is 2.69. The van der Waals surface area contributed by atoms with Gasteiger partial charge in [-0.15, -0.1) is 0 Å². The highest BCUT2D eigenvalue weighted by Gasteiger charge is 2.36. The van der Waals surface area contributed by atoms with Crippen molar-refractivity contribution in [2.24, 2.45) is 17.8 Å². The number of halogens is 2. The number of hydrogen-bond donors (Lipinski definition) is 0. The summed E-state index contributed by atoms with van der Waals surface area (Å²) in [7, 11) is 1.27. The van der Waals surface area contributed by atoms with E-state index >= 15 is 0 Å². The van der Waals surface area contributed by atoms with Crippen LogP contribution in [0.25, 0.3) is 10.8 Å². The molecule has 4 heteroatoms. The second-order valence-electron chi connectivity index (χ2n) is 8.47. The molecule has 2 aliphatic rings. The van der Waals surface area contributed by atoms with Crippen molar-refractivity contribution in [1.82, 2.24) is 0 Å². The van der Waals surface area contributed by atoms with Crippen molar-refractivity contribution in [2.75, 3.05) is 7.11 Å². The number of rotatable bonds is 2. The summed E-state index contributed by atoms with van der Waals surface area (Å²) in [6, 6.07) is 6.45. The maximum absolute atomic E-state index is 14.9. The lowest BCUT2D eigenvalue weighted by atomic mass is 9.64. The molecule has 0 N–H and O–H groups in total. The Bertz CT molecular complexity index is 876. The van der Waals surface area contributed by atoms with Gasteiger partial charge in [-0.2, -0.15) is 0 Å². The van der Waals surface area contributed by atoms with E-state index in [1.54, 1.807) is 18.2 Å². The van der Waals surface area contributed by atoms with Crippen LogP contribution in [0.2, 0.25) is 0 Å². The molecule has 2 nitrogen and oxygen atoms in total. The molecular weight excluding hydrogens is 346 g/mol. The van der Waals surface area contributed by atoms with E-state index in [-0.39, 0.29) is 16.9 Å². The minimum absolute atomic E-state index is 0.0823. The number of carbonyl (C=O) groups excluding carboxylic acids is 1. The fourth-order valence-electron chi connectivity index (χ4n) is 5.30. The number of benzene rings is 2. The van der Waals surface area contributed by atoms with Crippen molar-refractivity contribution in [3.05, 3.63) is 47.0 Å². The van der Waals surface area contributed by atoms with Crippen molar-refractivity contribution in [3.8, 4) is 0 Å². The normalized spacial score (nSPS) is 28.0. The minimum atomic E-state index is -0.854. The summed E-state index contributed by atoms with van der Waals surface area (Å²) in [6.45, 7) is 2.32. The Hall–Kier alpha value is -1.97. The molecule has 0 amide bonds. The van der Waals surface area contributed by atoms with Crippen LogP contribution in [0.3, 0.4) is 0 Å². The van der Waals surface area contributed by atoms with Gasteiger partial charge in [0.1, 0.15) is 0 Å². The van der Waals surface area contributed by atoms with E-state index in [2.05, 4.69) is 11.7 Å².